The number of benzene rings is 1. The molecule has 112 valence electrons. The third kappa shape index (κ3) is 4.29. The number of ether oxygens (including phenoxy) is 1. The van der Waals surface area contributed by atoms with E-state index in [0.717, 1.165) is 11.3 Å². The number of esters is 1. The van der Waals surface area contributed by atoms with Gasteiger partial charge in [0, 0.05) is 0 Å². The van der Waals surface area contributed by atoms with Gasteiger partial charge in [-0.1, -0.05) is 12.1 Å². The lowest BCUT2D eigenvalue weighted by Gasteiger charge is -2.06. The van der Waals surface area contributed by atoms with Gasteiger partial charge in [0.05, 0.1) is 17.3 Å². The van der Waals surface area contributed by atoms with E-state index in [1.807, 2.05) is 0 Å². The first-order valence-electron chi connectivity index (χ1n) is 5.76. The quantitative estimate of drug-likeness (QED) is 0.579. The fraction of sp³-hybridized carbons (Fsp3) is 0.154. The van der Waals surface area contributed by atoms with Crippen LogP contribution >= 0.6 is 27.3 Å². The molecule has 0 unspecified atom stereocenters. The maximum atomic E-state index is 12.0. The third-order valence-corrected chi connectivity index (χ3v) is 5.82. The molecule has 0 radical (unpaired) electrons. The Labute approximate surface area is 134 Å². The maximum absolute atomic E-state index is 12.0. The van der Waals surface area contributed by atoms with Crippen molar-refractivity contribution >= 4 is 43.4 Å². The Morgan fingerprint density at radius 1 is 1.19 bits per heavy atom. The molecule has 1 heterocycles. The molecule has 2 aromatic rings. The molecule has 1 aromatic carbocycles. The van der Waals surface area contributed by atoms with Crippen molar-refractivity contribution in [3.05, 3.63) is 45.7 Å². The summed E-state index contributed by atoms with van der Waals surface area (Å²) in [7, 11) is -2.53. The molecular formula is C13H11BrO5S2. The van der Waals surface area contributed by atoms with E-state index in [1.165, 1.54) is 25.3 Å². The molecule has 0 spiro atoms. The zero-order valence-corrected chi connectivity index (χ0v) is 14.1. The lowest BCUT2D eigenvalue weighted by Crippen LogP contribution is -2.08. The Hall–Kier alpha value is -1.38. The Kier molecular flexibility index (Phi) is 5.02. The van der Waals surface area contributed by atoms with E-state index in [9.17, 15) is 13.2 Å². The highest BCUT2D eigenvalue weighted by Gasteiger charge is 2.19. The van der Waals surface area contributed by atoms with Crippen LogP contribution in [0.4, 0.5) is 0 Å². The molecule has 0 aliphatic rings. The number of rotatable bonds is 5. The van der Waals surface area contributed by atoms with Crippen LogP contribution in [0.2, 0.25) is 0 Å². The summed E-state index contributed by atoms with van der Waals surface area (Å²) in [6, 6.07) is 9.34. The minimum atomic E-state index is -3.84. The molecule has 0 saturated carbocycles. The Bertz CT molecular complexity index is 734. The Morgan fingerprint density at radius 2 is 1.86 bits per heavy atom. The first-order valence-corrected chi connectivity index (χ1v) is 8.78. The fourth-order valence-corrected chi connectivity index (χ4v) is 4.40. The van der Waals surface area contributed by atoms with Crippen LogP contribution in [0.3, 0.4) is 0 Å². The lowest BCUT2D eigenvalue weighted by molar-refractivity contribution is -0.139. The molecule has 0 bridgehead atoms. The molecule has 0 saturated heterocycles. The standard InChI is InChI=1S/C13H11BrO5S2/c1-18-12(15)8-9-2-4-10(5-3-9)19-21(16,17)13-7-6-11(14)20-13/h2-7H,8H2,1H3. The van der Waals surface area contributed by atoms with Crippen LogP contribution in [0.5, 0.6) is 5.75 Å². The average molecular weight is 391 g/mol. The molecule has 2 rings (SSSR count). The molecule has 8 heteroatoms. The monoisotopic (exact) mass is 390 g/mol. The first-order chi connectivity index (χ1) is 9.90. The van der Waals surface area contributed by atoms with E-state index in [1.54, 1.807) is 18.2 Å². The Balaban J connectivity index is 2.11. The normalized spacial score (nSPS) is 11.1. The SMILES string of the molecule is COC(=O)Cc1ccc(OS(=O)(=O)c2ccc(Br)s2)cc1. The molecule has 0 N–H and O–H groups in total. The second kappa shape index (κ2) is 6.59. The highest BCUT2D eigenvalue weighted by atomic mass is 79.9. The van der Waals surface area contributed by atoms with Crippen molar-refractivity contribution < 1.29 is 22.1 Å². The second-order valence-electron chi connectivity index (χ2n) is 3.99. The number of halogens is 1. The molecular weight excluding hydrogens is 380 g/mol. The van der Waals surface area contributed by atoms with E-state index >= 15 is 0 Å². The van der Waals surface area contributed by atoms with Crippen molar-refractivity contribution in [3.8, 4) is 5.75 Å². The zero-order chi connectivity index (χ0) is 15.5. The van der Waals surface area contributed by atoms with Gasteiger partial charge in [-0.25, -0.2) is 0 Å². The van der Waals surface area contributed by atoms with E-state index in [2.05, 4.69) is 20.7 Å². The summed E-state index contributed by atoms with van der Waals surface area (Å²) >= 11 is 4.27. The summed E-state index contributed by atoms with van der Waals surface area (Å²) in [6.07, 6.45) is 0.126. The highest BCUT2D eigenvalue weighted by Crippen LogP contribution is 2.28. The van der Waals surface area contributed by atoms with Crippen LogP contribution in [-0.4, -0.2) is 21.5 Å². The van der Waals surface area contributed by atoms with Crippen LogP contribution < -0.4 is 4.18 Å². The minimum Gasteiger partial charge on any atom is -0.469 e. The van der Waals surface area contributed by atoms with Gasteiger partial charge in [-0.2, -0.15) is 8.42 Å². The van der Waals surface area contributed by atoms with Crippen LogP contribution in [0.15, 0.2) is 44.4 Å². The van der Waals surface area contributed by atoms with Crippen molar-refractivity contribution in [1.29, 1.82) is 0 Å². The topological polar surface area (TPSA) is 69.7 Å². The van der Waals surface area contributed by atoms with Gasteiger partial charge >= 0.3 is 16.1 Å². The molecule has 1 aromatic heterocycles. The van der Waals surface area contributed by atoms with Crippen molar-refractivity contribution in [3.63, 3.8) is 0 Å². The molecule has 5 nitrogen and oxygen atoms in total. The van der Waals surface area contributed by atoms with E-state index < -0.39 is 10.1 Å². The van der Waals surface area contributed by atoms with Crippen LogP contribution in [0.1, 0.15) is 5.56 Å². The maximum Gasteiger partial charge on any atom is 0.348 e. The molecule has 0 aliphatic carbocycles. The highest BCUT2D eigenvalue weighted by molar-refractivity contribution is 9.11. The summed E-state index contributed by atoms with van der Waals surface area (Å²) in [4.78, 5) is 11.1. The number of carbonyl (C=O) groups excluding carboxylic acids is 1. The number of hydrogen-bond acceptors (Lipinski definition) is 6. The third-order valence-electron chi connectivity index (χ3n) is 2.50. The van der Waals surface area contributed by atoms with Gasteiger partial charge in [0.2, 0.25) is 0 Å². The van der Waals surface area contributed by atoms with Crippen molar-refractivity contribution in [2.75, 3.05) is 7.11 Å². The van der Waals surface area contributed by atoms with Crippen LogP contribution in [0.25, 0.3) is 0 Å². The molecule has 0 amide bonds. The molecule has 0 aliphatic heterocycles. The second-order valence-corrected chi connectivity index (χ2v) is 8.23. The summed E-state index contributed by atoms with van der Waals surface area (Å²) in [6.45, 7) is 0. The van der Waals surface area contributed by atoms with Crippen molar-refractivity contribution in [2.45, 2.75) is 10.6 Å². The van der Waals surface area contributed by atoms with E-state index in [0.29, 0.717) is 9.35 Å². The number of hydrogen-bond donors (Lipinski definition) is 0. The fourth-order valence-electron chi connectivity index (χ4n) is 1.50. The van der Waals surface area contributed by atoms with Gasteiger partial charge in [-0.15, -0.1) is 11.3 Å². The predicted octanol–water partition coefficient (Wildman–Crippen LogP) is 2.99. The van der Waals surface area contributed by atoms with Gasteiger partial charge in [-0.05, 0) is 45.8 Å². The van der Waals surface area contributed by atoms with Gasteiger partial charge in [0.15, 0.2) is 4.21 Å². The van der Waals surface area contributed by atoms with Crippen LogP contribution in [0, 0.1) is 0 Å². The largest absolute Gasteiger partial charge is 0.469 e. The van der Waals surface area contributed by atoms with Gasteiger partial charge in [0.1, 0.15) is 5.75 Å². The zero-order valence-electron chi connectivity index (χ0n) is 10.9. The van der Waals surface area contributed by atoms with Crippen molar-refractivity contribution in [2.24, 2.45) is 0 Å². The predicted molar refractivity (Wildman–Crippen MR) is 82.0 cm³/mol. The van der Waals surface area contributed by atoms with Crippen molar-refractivity contribution in [1.82, 2.24) is 0 Å². The number of thiophene rings is 1. The summed E-state index contributed by atoms with van der Waals surface area (Å²) in [5.74, 6) is -0.173. The summed E-state index contributed by atoms with van der Waals surface area (Å²) in [5.41, 5.74) is 0.713. The van der Waals surface area contributed by atoms with Gasteiger partial charge in [-0.3, -0.25) is 4.79 Å². The van der Waals surface area contributed by atoms with Crippen LogP contribution in [-0.2, 0) is 26.1 Å². The smallest absolute Gasteiger partial charge is 0.348 e. The number of carbonyl (C=O) groups is 1. The van der Waals surface area contributed by atoms with E-state index in [-0.39, 0.29) is 22.3 Å². The minimum absolute atomic E-state index is 0.119. The Morgan fingerprint density at radius 3 is 2.38 bits per heavy atom. The molecule has 0 atom stereocenters. The molecule has 0 fully saturated rings. The average Bonchev–Trinajstić information content (AvgIpc) is 2.88. The lowest BCUT2D eigenvalue weighted by atomic mass is 10.1. The summed E-state index contributed by atoms with van der Waals surface area (Å²) < 4.78 is 34.4. The van der Waals surface area contributed by atoms with Gasteiger partial charge in [0.25, 0.3) is 0 Å². The number of methoxy groups -OCH3 is 1. The van der Waals surface area contributed by atoms with E-state index in [4.69, 9.17) is 4.18 Å². The first kappa shape index (κ1) is 16.0. The summed E-state index contributed by atoms with van der Waals surface area (Å²) in [5, 5.41) is 0. The van der Waals surface area contributed by atoms with Gasteiger partial charge < -0.3 is 8.92 Å². The molecule has 21 heavy (non-hydrogen) atoms.